The lowest BCUT2D eigenvalue weighted by atomic mass is 10.0. The lowest BCUT2D eigenvalue weighted by molar-refractivity contribution is 0.611. The van der Waals surface area contributed by atoms with Gasteiger partial charge in [-0.2, -0.15) is 0 Å². The number of halogens is 3. The van der Waals surface area contributed by atoms with Crippen LogP contribution in [0.25, 0.3) is 0 Å². The van der Waals surface area contributed by atoms with Gasteiger partial charge in [-0.1, -0.05) is 52.5 Å². The molecular weight excluding hydrogens is 274 g/mol. The average molecular weight is 285 g/mol. The van der Waals surface area contributed by atoms with Gasteiger partial charge in [0.05, 0.1) is 0 Å². The summed E-state index contributed by atoms with van der Waals surface area (Å²) in [5, 5.41) is -0.483. The highest BCUT2D eigenvalue weighted by Gasteiger charge is 2.11. The zero-order valence-electron chi connectivity index (χ0n) is 9.97. The third-order valence-corrected chi connectivity index (χ3v) is 2.96. The van der Waals surface area contributed by atoms with E-state index in [0.717, 1.165) is 16.7 Å². The lowest BCUT2D eigenvalue weighted by Crippen LogP contribution is -2.00. The number of hydrogen-bond donors (Lipinski definition) is 0. The Morgan fingerprint density at radius 3 is 2.00 bits per heavy atom. The van der Waals surface area contributed by atoms with Crippen LogP contribution in [-0.4, -0.2) is 9.97 Å². The van der Waals surface area contributed by atoms with Crippen LogP contribution in [0.3, 0.4) is 0 Å². The quantitative estimate of drug-likeness (QED) is 0.775. The molecule has 0 radical (unpaired) electrons. The molecule has 0 aliphatic rings. The summed E-state index contributed by atoms with van der Waals surface area (Å²) in [5.74, 6) is -0.362. The summed E-state index contributed by atoms with van der Waals surface area (Å²) in [7, 11) is 0. The molecular formula is C13H11Cl2FN2. The molecule has 0 N–H and O–H groups in total. The highest BCUT2D eigenvalue weighted by atomic mass is 35.5. The first-order valence-electron chi connectivity index (χ1n) is 5.40. The van der Waals surface area contributed by atoms with Crippen LogP contribution in [0.2, 0.25) is 10.3 Å². The molecule has 0 bridgehead atoms. The maximum atomic E-state index is 13.2. The number of aromatic nitrogens is 2. The van der Waals surface area contributed by atoms with E-state index >= 15 is 0 Å². The molecule has 1 heterocycles. The smallest absolute Gasteiger partial charge is 0.197 e. The Labute approximate surface area is 115 Å². The van der Waals surface area contributed by atoms with Gasteiger partial charge >= 0.3 is 0 Å². The molecule has 0 fully saturated rings. The first kappa shape index (κ1) is 13.2. The molecule has 1 aromatic heterocycles. The van der Waals surface area contributed by atoms with Crippen molar-refractivity contribution in [1.29, 1.82) is 0 Å². The van der Waals surface area contributed by atoms with Crippen molar-refractivity contribution in [3.63, 3.8) is 0 Å². The van der Waals surface area contributed by atoms with Crippen molar-refractivity contribution in [2.45, 2.75) is 20.3 Å². The van der Waals surface area contributed by atoms with Crippen molar-refractivity contribution in [3.05, 3.63) is 56.8 Å². The molecule has 2 nitrogen and oxygen atoms in total. The minimum absolute atomic E-state index is 0.241. The summed E-state index contributed by atoms with van der Waals surface area (Å²) in [6.45, 7) is 4.03. The minimum Gasteiger partial charge on any atom is -0.218 e. The van der Waals surface area contributed by atoms with E-state index in [4.69, 9.17) is 23.2 Å². The SMILES string of the molecule is Cc1cc(C)cc(Cc2nc(Cl)c(F)c(Cl)n2)c1. The number of benzene rings is 1. The normalized spacial score (nSPS) is 10.7. The second-order valence-electron chi connectivity index (χ2n) is 4.21. The summed E-state index contributed by atoms with van der Waals surface area (Å²) in [6, 6.07) is 6.14. The van der Waals surface area contributed by atoms with Crippen LogP contribution < -0.4 is 0 Å². The lowest BCUT2D eigenvalue weighted by Gasteiger charge is -2.05. The van der Waals surface area contributed by atoms with Crippen LogP contribution >= 0.6 is 23.2 Å². The fourth-order valence-electron chi connectivity index (χ4n) is 1.87. The van der Waals surface area contributed by atoms with Crippen molar-refractivity contribution < 1.29 is 4.39 Å². The Bertz CT molecular complexity index is 556. The molecule has 0 saturated carbocycles. The van der Waals surface area contributed by atoms with Gasteiger partial charge in [0.25, 0.3) is 0 Å². The molecule has 94 valence electrons. The predicted octanol–water partition coefficient (Wildman–Crippen LogP) is 4.13. The van der Waals surface area contributed by atoms with E-state index in [1.165, 1.54) is 0 Å². The van der Waals surface area contributed by atoms with Gasteiger partial charge in [0.2, 0.25) is 0 Å². The molecule has 18 heavy (non-hydrogen) atoms. The second kappa shape index (κ2) is 5.21. The van der Waals surface area contributed by atoms with Crippen LogP contribution in [-0.2, 0) is 6.42 Å². The van der Waals surface area contributed by atoms with E-state index in [-0.39, 0.29) is 10.3 Å². The van der Waals surface area contributed by atoms with E-state index in [9.17, 15) is 4.39 Å². The van der Waals surface area contributed by atoms with E-state index in [1.807, 2.05) is 26.0 Å². The monoisotopic (exact) mass is 284 g/mol. The zero-order valence-corrected chi connectivity index (χ0v) is 11.5. The van der Waals surface area contributed by atoms with Crippen molar-refractivity contribution in [2.24, 2.45) is 0 Å². The van der Waals surface area contributed by atoms with Gasteiger partial charge in [-0.05, 0) is 19.4 Å². The first-order valence-corrected chi connectivity index (χ1v) is 6.16. The number of aryl methyl sites for hydroxylation is 2. The van der Waals surface area contributed by atoms with Gasteiger partial charge in [-0.15, -0.1) is 0 Å². The molecule has 0 saturated heterocycles. The van der Waals surface area contributed by atoms with Gasteiger partial charge in [0, 0.05) is 6.42 Å². The Hall–Kier alpha value is -1.19. The zero-order chi connectivity index (χ0) is 13.3. The molecule has 0 spiro atoms. The molecule has 0 atom stereocenters. The highest BCUT2D eigenvalue weighted by molar-refractivity contribution is 6.33. The van der Waals surface area contributed by atoms with Gasteiger partial charge < -0.3 is 0 Å². The Kier molecular flexibility index (Phi) is 3.83. The standard InChI is InChI=1S/C13H11Cl2FN2/c1-7-3-8(2)5-9(4-7)6-10-17-12(14)11(16)13(15)18-10/h3-5H,6H2,1-2H3. The summed E-state index contributed by atoms with van der Waals surface area (Å²) in [5.41, 5.74) is 3.36. The van der Waals surface area contributed by atoms with Gasteiger partial charge in [0.1, 0.15) is 5.82 Å². The van der Waals surface area contributed by atoms with Crippen LogP contribution in [0.4, 0.5) is 4.39 Å². The van der Waals surface area contributed by atoms with Gasteiger partial charge in [0.15, 0.2) is 16.1 Å². The number of nitrogens with zero attached hydrogens (tertiary/aromatic N) is 2. The summed E-state index contributed by atoms with van der Waals surface area (Å²) >= 11 is 11.3. The van der Waals surface area contributed by atoms with Crippen molar-refractivity contribution in [1.82, 2.24) is 9.97 Å². The largest absolute Gasteiger partial charge is 0.218 e. The van der Waals surface area contributed by atoms with Gasteiger partial charge in [-0.25, -0.2) is 14.4 Å². The molecule has 5 heteroatoms. The average Bonchev–Trinajstić information content (AvgIpc) is 2.24. The second-order valence-corrected chi connectivity index (χ2v) is 4.92. The van der Waals surface area contributed by atoms with Crippen molar-refractivity contribution in [2.75, 3.05) is 0 Å². The third kappa shape index (κ3) is 2.98. The van der Waals surface area contributed by atoms with Crippen LogP contribution in [0.15, 0.2) is 18.2 Å². The van der Waals surface area contributed by atoms with E-state index in [2.05, 4.69) is 16.0 Å². The van der Waals surface area contributed by atoms with Crippen LogP contribution in [0, 0.1) is 19.7 Å². The highest BCUT2D eigenvalue weighted by Crippen LogP contribution is 2.20. The van der Waals surface area contributed by atoms with E-state index in [0.29, 0.717) is 12.2 Å². The fraction of sp³-hybridized carbons (Fsp3) is 0.231. The molecule has 0 amide bonds. The van der Waals surface area contributed by atoms with Crippen molar-refractivity contribution in [3.8, 4) is 0 Å². The summed E-state index contributed by atoms with van der Waals surface area (Å²) < 4.78 is 13.2. The Morgan fingerprint density at radius 1 is 1.00 bits per heavy atom. The topological polar surface area (TPSA) is 25.8 Å². The maximum absolute atomic E-state index is 13.2. The maximum Gasteiger partial charge on any atom is 0.197 e. The first-order chi connectivity index (χ1) is 8.45. The Morgan fingerprint density at radius 2 is 1.50 bits per heavy atom. The minimum atomic E-state index is -0.775. The third-order valence-electron chi connectivity index (χ3n) is 2.46. The molecule has 0 aliphatic carbocycles. The van der Waals surface area contributed by atoms with E-state index < -0.39 is 5.82 Å². The number of hydrogen-bond acceptors (Lipinski definition) is 2. The van der Waals surface area contributed by atoms with E-state index in [1.54, 1.807) is 0 Å². The van der Waals surface area contributed by atoms with Gasteiger partial charge in [-0.3, -0.25) is 0 Å². The van der Waals surface area contributed by atoms with Crippen LogP contribution in [0.1, 0.15) is 22.5 Å². The summed E-state index contributed by atoms with van der Waals surface area (Å²) in [6.07, 6.45) is 0.474. The number of rotatable bonds is 2. The van der Waals surface area contributed by atoms with Crippen LogP contribution in [0.5, 0.6) is 0 Å². The molecule has 1 aromatic carbocycles. The molecule has 0 unspecified atom stereocenters. The summed E-state index contributed by atoms with van der Waals surface area (Å²) in [4.78, 5) is 7.77. The Balaban J connectivity index is 2.34. The van der Waals surface area contributed by atoms with Crippen molar-refractivity contribution >= 4 is 23.2 Å². The predicted molar refractivity (Wildman–Crippen MR) is 70.7 cm³/mol. The molecule has 0 aliphatic heterocycles. The fourth-order valence-corrected chi connectivity index (χ4v) is 2.29. The molecule has 2 rings (SSSR count). The molecule has 2 aromatic rings.